The number of halogens is 1. The third-order valence-corrected chi connectivity index (χ3v) is 2.88. The van der Waals surface area contributed by atoms with Gasteiger partial charge in [-0.15, -0.1) is 0 Å². The molecule has 0 aromatic rings. The third-order valence-electron chi connectivity index (χ3n) is 2.88. The summed E-state index contributed by atoms with van der Waals surface area (Å²) in [5, 5.41) is 0. The minimum absolute atomic E-state index is 0.266. The predicted octanol–water partition coefficient (Wildman–Crippen LogP) is 1.56. The Morgan fingerprint density at radius 2 is 2.33 bits per heavy atom. The normalized spacial score (nSPS) is 42.5. The first kappa shape index (κ1) is 8.45. The van der Waals surface area contributed by atoms with Crippen molar-refractivity contribution in [3.8, 4) is 0 Å². The minimum atomic E-state index is -1.14. The van der Waals surface area contributed by atoms with Crippen LogP contribution in [0.4, 0.5) is 4.39 Å². The van der Waals surface area contributed by atoms with Gasteiger partial charge in [0, 0.05) is 25.1 Å². The van der Waals surface area contributed by atoms with Crippen LogP contribution in [0.2, 0.25) is 0 Å². The molecule has 0 N–H and O–H groups in total. The van der Waals surface area contributed by atoms with E-state index in [2.05, 4.69) is 0 Å². The number of fused-ring (bicyclic) bond motifs is 3. The van der Waals surface area contributed by atoms with E-state index in [0.29, 0.717) is 18.5 Å². The largest absolute Gasteiger partial charge is 0.377 e. The first-order valence-electron chi connectivity index (χ1n) is 4.68. The molecule has 3 heteroatoms. The molecule has 3 fully saturated rings. The van der Waals surface area contributed by atoms with E-state index in [1.807, 2.05) is 18.7 Å². The molecule has 2 atom stereocenters. The van der Waals surface area contributed by atoms with Crippen LogP contribution in [-0.4, -0.2) is 36.0 Å². The second-order valence-corrected chi connectivity index (χ2v) is 4.12. The Morgan fingerprint density at radius 1 is 1.58 bits per heavy atom. The van der Waals surface area contributed by atoms with Gasteiger partial charge in [-0.2, -0.15) is 0 Å². The van der Waals surface area contributed by atoms with Crippen LogP contribution in [-0.2, 0) is 4.74 Å². The predicted molar refractivity (Wildman–Crippen MR) is 44.7 cm³/mol. The number of rotatable bonds is 1. The molecule has 0 amide bonds. The SMILES string of the molecule is CC(C)N1C2CCOCC1(F)C2. The molecule has 0 saturated carbocycles. The van der Waals surface area contributed by atoms with Gasteiger partial charge < -0.3 is 4.74 Å². The van der Waals surface area contributed by atoms with E-state index in [9.17, 15) is 4.39 Å². The summed E-state index contributed by atoms with van der Waals surface area (Å²) in [6.07, 6.45) is 1.66. The summed E-state index contributed by atoms with van der Waals surface area (Å²) in [6, 6.07) is 0.730. The maximum absolute atomic E-state index is 13.9. The highest BCUT2D eigenvalue weighted by atomic mass is 19.1. The molecule has 2 nitrogen and oxygen atoms in total. The van der Waals surface area contributed by atoms with Gasteiger partial charge in [-0.3, -0.25) is 4.90 Å². The van der Waals surface area contributed by atoms with E-state index in [1.54, 1.807) is 0 Å². The lowest BCUT2D eigenvalue weighted by molar-refractivity contribution is -0.186. The summed E-state index contributed by atoms with van der Waals surface area (Å²) in [4.78, 5) is 1.96. The van der Waals surface area contributed by atoms with Gasteiger partial charge in [0.2, 0.25) is 0 Å². The molecule has 70 valence electrons. The number of hydrogen-bond acceptors (Lipinski definition) is 2. The van der Waals surface area contributed by atoms with Crippen LogP contribution < -0.4 is 0 Å². The highest BCUT2D eigenvalue weighted by molar-refractivity contribution is 5.01. The van der Waals surface area contributed by atoms with Gasteiger partial charge in [0.25, 0.3) is 0 Å². The Hall–Kier alpha value is -0.150. The molecule has 2 unspecified atom stereocenters. The minimum Gasteiger partial charge on any atom is -0.377 e. The monoisotopic (exact) mass is 173 g/mol. The molecule has 3 saturated heterocycles. The highest BCUT2D eigenvalue weighted by Gasteiger charge is 2.54. The summed E-state index contributed by atoms with van der Waals surface area (Å²) < 4.78 is 19.1. The van der Waals surface area contributed by atoms with E-state index in [0.717, 1.165) is 13.0 Å². The summed E-state index contributed by atoms with van der Waals surface area (Å²) in [7, 11) is 0. The second kappa shape index (κ2) is 2.67. The number of ether oxygens (including phenoxy) is 1. The lowest BCUT2D eigenvalue weighted by Gasteiger charge is -2.53. The fraction of sp³-hybridized carbons (Fsp3) is 1.00. The van der Waals surface area contributed by atoms with Crippen LogP contribution in [0, 0.1) is 0 Å². The van der Waals surface area contributed by atoms with Gasteiger partial charge in [-0.25, -0.2) is 4.39 Å². The fourth-order valence-corrected chi connectivity index (χ4v) is 2.49. The van der Waals surface area contributed by atoms with Crippen LogP contribution in [0.3, 0.4) is 0 Å². The van der Waals surface area contributed by atoms with Crippen molar-refractivity contribution < 1.29 is 9.13 Å². The van der Waals surface area contributed by atoms with Crippen LogP contribution in [0.25, 0.3) is 0 Å². The van der Waals surface area contributed by atoms with E-state index >= 15 is 0 Å². The van der Waals surface area contributed by atoms with Crippen LogP contribution in [0.5, 0.6) is 0 Å². The van der Waals surface area contributed by atoms with E-state index < -0.39 is 5.79 Å². The first-order chi connectivity index (χ1) is 5.63. The van der Waals surface area contributed by atoms with Crippen LogP contribution >= 0.6 is 0 Å². The smallest absolute Gasteiger partial charge is 0.189 e. The highest BCUT2D eigenvalue weighted by Crippen LogP contribution is 2.43. The maximum Gasteiger partial charge on any atom is 0.189 e. The van der Waals surface area contributed by atoms with Gasteiger partial charge in [0.05, 0.1) is 6.61 Å². The van der Waals surface area contributed by atoms with Crippen molar-refractivity contribution in [3.05, 3.63) is 0 Å². The lowest BCUT2D eigenvalue weighted by atomic mass is 9.88. The third kappa shape index (κ3) is 1.07. The van der Waals surface area contributed by atoms with Crippen LogP contribution in [0.1, 0.15) is 26.7 Å². The Bertz CT molecular complexity index is 181. The van der Waals surface area contributed by atoms with Crippen molar-refractivity contribution in [2.24, 2.45) is 0 Å². The van der Waals surface area contributed by atoms with Crippen molar-refractivity contribution in [3.63, 3.8) is 0 Å². The van der Waals surface area contributed by atoms with Gasteiger partial charge in [-0.05, 0) is 20.3 Å². The maximum atomic E-state index is 13.9. The molecule has 12 heavy (non-hydrogen) atoms. The van der Waals surface area contributed by atoms with Crippen molar-refractivity contribution in [1.82, 2.24) is 4.90 Å². The molecule has 0 radical (unpaired) electrons. The molecule has 3 heterocycles. The molecule has 3 rings (SSSR count). The quantitative estimate of drug-likeness (QED) is 0.558. The average Bonchev–Trinajstić information content (AvgIpc) is 2.17. The van der Waals surface area contributed by atoms with Crippen molar-refractivity contribution in [2.45, 2.75) is 44.6 Å². The van der Waals surface area contributed by atoms with Crippen LogP contribution in [0.15, 0.2) is 0 Å². The van der Waals surface area contributed by atoms with Crippen molar-refractivity contribution >= 4 is 0 Å². The van der Waals surface area contributed by atoms with Gasteiger partial charge in [-0.1, -0.05) is 0 Å². The van der Waals surface area contributed by atoms with Crippen molar-refractivity contribution in [1.29, 1.82) is 0 Å². The number of alkyl halides is 1. The van der Waals surface area contributed by atoms with E-state index in [4.69, 9.17) is 4.74 Å². The Morgan fingerprint density at radius 3 is 3.00 bits per heavy atom. The van der Waals surface area contributed by atoms with E-state index in [1.165, 1.54) is 0 Å². The molecular formula is C9H16FNO. The molecule has 0 spiro atoms. The number of hydrogen-bond donors (Lipinski definition) is 0. The zero-order valence-electron chi connectivity index (χ0n) is 7.72. The number of nitrogens with zero attached hydrogens (tertiary/aromatic N) is 1. The topological polar surface area (TPSA) is 12.5 Å². The summed E-state index contributed by atoms with van der Waals surface area (Å²) in [5.74, 6) is -1.14. The Labute approximate surface area is 72.7 Å². The Balaban J connectivity index is 2.13. The van der Waals surface area contributed by atoms with Gasteiger partial charge in [0.15, 0.2) is 5.79 Å². The molecule has 0 aromatic heterocycles. The van der Waals surface area contributed by atoms with E-state index in [-0.39, 0.29) is 6.61 Å². The van der Waals surface area contributed by atoms with Gasteiger partial charge >= 0.3 is 0 Å². The summed E-state index contributed by atoms with van der Waals surface area (Å²) >= 11 is 0. The van der Waals surface area contributed by atoms with Gasteiger partial charge in [0.1, 0.15) is 0 Å². The molecule has 0 aliphatic carbocycles. The lowest BCUT2D eigenvalue weighted by Crippen LogP contribution is -2.66. The Kier molecular flexibility index (Phi) is 1.88. The molecular weight excluding hydrogens is 157 g/mol. The zero-order chi connectivity index (χ0) is 8.77. The molecule has 0 aromatic carbocycles. The summed E-state index contributed by atoms with van der Waals surface area (Å²) in [5.41, 5.74) is 0. The molecule has 3 aliphatic heterocycles. The fourth-order valence-electron chi connectivity index (χ4n) is 2.49. The second-order valence-electron chi connectivity index (χ2n) is 4.12. The molecule has 3 aliphatic rings. The zero-order valence-corrected chi connectivity index (χ0v) is 7.72. The molecule has 2 bridgehead atoms. The van der Waals surface area contributed by atoms with Crippen molar-refractivity contribution in [2.75, 3.05) is 13.2 Å². The average molecular weight is 173 g/mol. The first-order valence-corrected chi connectivity index (χ1v) is 4.68. The summed E-state index contributed by atoms with van der Waals surface area (Å²) in [6.45, 7) is 5.08. The standard InChI is InChI=1S/C9H16FNO/c1-7(2)11-8-3-4-12-6-9(11,10)5-8/h7-8H,3-6H2,1-2H3.